The maximum atomic E-state index is 6.30. The lowest BCUT2D eigenvalue weighted by atomic mass is 9.80. The zero-order chi connectivity index (χ0) is 13.3. The molecule has 1 unspecified atom stereocenters. The van der Waals surface area contributed by atoms with Gasteiger partial charge >= 0.3 is 0 Å². The molecule has 0 aromatic heterocycles. The van der Waals surface area contributed by atoms with Gasteiger partial charge in [-0.3, -0.25) is 0 Å². The van der Waals surface area contributed by atoms with Gasteiger partial charge in [0.15, 0.2) is 0 Å². The third-order valence-electron chi connectivity index (χ3n) is 3.89. The van der Waals surface area contributed by atoms with Crippen molar-refractivity contribution in [1.29, 1.82) is 0 Å². The lowest BCUT2D eigenvalue weighted by Crippen LogP contribution is -2.20. The van der Waals surface area contributed by atoms with Gasteiger partial charge in [0.1, 0.15) is 0 Å². The zero-order valence-electron chi connectivity index (χ0n) is 12.3. The van der Waals surface area contributed by atoms with Crippen molar-refractivity contribution in [2.75, 3.05) is 0 Å². The Bertz CT molecular complexity index is 426. The van der Waals surface area contributed by atoms with E-state index in [0.717, 1.165) is 19.3 Å². The average molecular weight is 245 g/mol. The number of hydrogen-bond acceptors (Lipinski definition) is 1. The molecule has 2 rings (SSSR count). The van der Waals surface area contributed by atoms with Crippen LogP contribution < -0.4 is 5.73 Å². The Morgan fingerprint density at radius 1 is 1.28 bits per heavy atom. The monoisotopic (exact) mass is 245 g/mol. The van der Waals surface area contributed by atoms with Crippen molar-refractivity contribution in [2.24, 2.45) is 11.1 Å². The van der Waals surface area contributed by atoms with Crippen LogP contribution in [-0.4, -0.2) is 0 Å². The summed E-state index contributed by atoms with van der Waals surface area (Å²) in [4.78, 5) is 0. The molecule has 1 nitrogen and oxygen atoms in total. The molecule has 1 aromatic carbocycles. The number of rotatable bonds is 2. The third kappa shape index (κ3) is 2.95. The van der Waals surface area contributed by atoms with Gasteiger partial charge in [0.05, 0.1) is 0 Å². The Kier molecular flexibility index (Phi) is 3.82. The van der Waals surface area contributed by atoms with E-state index in [-0.39, 0.29) is 6.04 Å². The quantitative estimate of drug-likeness (QED) is 0.831. The second-order valence-corrected chi connectivity index (χ2v) is 6.91. The minimum absolute atomic E-state index is 0.263. The van der Waals surface area contributed by atoms with Gasteiger partial charge in [-0.15, -0.1) is 0 Å². The minimum atomic E-state index is 0.263. The molecule has 1 atom stereocenters. The van der Waals surface area contributed by atoms with Crippen LogP contribution in [0.3, 0.4) is 0 Å². The first-order chi connectivity index (χ1) is 8.40. The van der Waals surface area contributed by atoms with E-state index in [4.69, 9.17) is 5.73 Å². The fourth-order valence-electron chi connectivity index (χ4n) is 3.14. The van der Waals surface area contributed by atoms with E-state index in [1.807, 2.05) is 0 Å². The van der Waals surface area contributed by atoms with Crippen LogP contribution in [-0.2, 0) is 19.3 Å². The number of benzene rings is 1. The van der Waals surface area contributed by atoms with Crippen LogP contribution in [0.4, 0.5) is 0 Å². The van der Waals surface area contributed by atoms with E-state index in [1.54, 1.807) is 5.56 Å². The highest BCUT2D eigenvalue weighted by Crippen LogP contribution is 2.33. The van der Waals surface area contributed by atoms with E-state index in [9.17, 15) is 0 Å². The Morgan fingerprint density at radius 3 is 2.61 bits per heavy atom. The van der Waals surface area contributed by atoms with Crippen LogP contribution in [0.1, 0.15) is 68.8 Å². The molecule has 1 heteroatoms. The molecule has 0 amide bonds. The molecule has 0 heterocycles. The molecule has 0 bridgehead atoms. The molecule has 0 spiro atoms. The SMILES string of the molecule is CCc1cc(CC(C)(C)C)cc2c1CCCC2N. The third-order valence-corrected chi connectivity index (χ3v) is 3.89. The maximum absolute atomic E-state index is 6.30. The fourth-order valence-corrected chi connectivity index (χ4v) is 3.14. The van der Waals surface area contributed by atoms with Gasteiger partial charge in [0.25, 0.3) is 0 Å². The smallest absolute Gasteiger partial charge is 0.0297 e. The maximum Gasteiger partial charge on any atom is 0.0297 e. The first-order valence-corrected chi connectivity index (χ1v) is 7.31. The van der Waals surface area contributed by atoms with Crippen molar-refractivity contribution in [2.45, 2.75) is 65.8 Å². The summed E-state index contributed by atoms with van der Waals surface area (Å²) in [5.41, 5.74) is 12.6. The van der Waals surface area contributed by atoms with Gasteiger partial charge < -0.3 is 5.73 Å². The molecule has 0 aliphatic heterocycles. The van der Waals surface area contributed by atoms with Crippen LogP contribution in [0.25, 0.3) is 0 Å². The molecule has 0 saturated heterocycles. The summed E-state index contributed by atoms with van der Waals surface area (Å²) < 4.78 is 0. The molecule has 1 aliphatic carbocycles. The predicted molar refractivity (Wildman–Crippen MR) is 78.8 cm³/mol. The standard InChI is InChI=1S/C17H27N/c1-5-13-9-12(11-17(2,3)4)10-15-14(13)7-6-8-16(15)18/h9-10,16H,5-8,11,18H2,1-4H3. The molecule has 1 aromatic rings. The molecule has 18 heavy (non-hydrogen) atoms. The molecule has 1 aliphatic rings. The first kappa shape index (κ1) is 13.6. The molecule has 0 radical (unpaired) electrons. The minimum Gasteiger partial charge on any atom is -0.324 e. The molecule has 0 saturated carbocycles. The molecular weight excluding hydrogens is 218 g/mol. The summed E-state index contributed by atoms with van der Waals surface area (Å²) in [6.45, 7) is 9.17. The van der Waals surface area contributed by atoms with Crippen molar-refractivity contribution < 1.29 is 0 Å². The summed E-state index contributed by atoms with van der Waals surface area (Å²) in [5, 5.41) is 0. The lowest BCUT2D eigenvalue weighted by Gasteiger charge is -2.27. The van der Waals surface area contributed by atoms with Crippen molar-refractivity contribution in [3.05, 3.63) is 34.4 Å². The van der Waals surface area contributed by atoms with Gasteiger partial charge in [0.2, 0.25) is 0 Å². The summed E-state index contributed by atoms with van der Waals surface area (Å²) in [6.07, 6.45) is 5.89. The zero-order valence-corrected chi connectivity index (χ0v) is 12.3. The van der Waals surface area contributed by atoms with Crippen LogP contribution >= 0.6 is 0 Å². The van der Waals surface area contributed by atoms with E-state index in [0.29, 0.717) is 5.41 Å². The number of hydrogen-bond donors (Lipinski definition) is 1. The van der Waals surface area contributed by atoms with Gasteiger partial charge in [-0.05, 0) is 59.8 Å². The average Bonchev–Trinajstić information content (AvgIpc) is 2.27. The fraction of sp³-hybridized carbons (Fsp3) is 0.647. The van der Waals surface area contributed by atoms with Crippen molar-refractivity contribution in [1.82, 2.24) is 0 Å². The van der Waals surface area contributed by atoms with Crippen LogP contribution in [0.15, 0.2) is 12.1 Å². The lowest BCUT2D eigenvalue weighted by molar-refractivity contribution is 0.410. The number of fused-ring (bicyclic) bond motifs is 1. The molecule has 100 valence electrons. The summed E-state index contributed by atoms with van der Waals surface area (Å²) in [5.74, 6) is 0. The highest BCUT2D eigenvalue weighted by atomic mass is 14.6. The van der Waals surface area contributed by atoms with Crippen LogP contribution in [0.5, 0.6) is 0 Å². The highest BCUT2D eigenvalue weighted by molar-refractivity contribution is 5.42. The van der Waals surface area contributed by atoms with E-state index < -0.39 is 0 Å². The first-order valence-electron chi connectivity index (χ1n) is 7.31. The van der Waals surface area contributed by atoms with Crippen LogP contribution in [0.2, 0.25) is 0 Å². The Morgan fingerprint density at radius 2 is 2.00 bits per heavy atom. The summed E-state index contributed by atoms with van der Waals surface area (Å²) >= 11 is 0. The second kappa shape index (κ2) is 5.05. The van der Waals surface area contributed by atoms with Crippen LogP contribution in [0, 0.1) is 5.41 Å². The number of aryl methyl sites for hydroxylation is 1. The highest BCUT2D eigenvalue weighted by Gasteiger charge is 2.21. The Hall–Kier alpha value is -0.820. The summed E-state index contributed by atoms with van der Waals surface area (Å²) in [7, 11) is 0. The van der Waals surface area contributed by atoms with Gasteiger partial charge in [0, 0.05) is 6.04 Å². The van der Waals surface area contributed by atoms with E-state index in [1.165, 1.54) is 29.5 Å². The number of nitrogens with two attached hydrogens (primary N) is 1. The van der Waals surface area contributed by atoms with Crippen molar-refractivity contribution in [3.8, 4) is 0 Å². The Labute approximate surface area is 112 Å². The van der Waals surface area contributed by atoms with Gasteiger partial charge in [-0.25, -0.2) is 0 Å². The van der Waals surface area contributed by atoms with Gasteiger partial charge in [-0.2, -0.15) is 0 Å². The topological polar surface area (TPSA) is 26.0 Å². The predicted octanol–water partition coefficient (Wildman–Crippen LogP) is 4.17. The van der Waals surface area contributed by atoms with E-state index >= 15 is 0 Å². The van der Waals surface area contributed by atoms with E-state index in [2.05, 4.69) is 39.8 Å². The van der Waals surface area contributed by atoms with Crippen molar-refractivity contribution >= 4 is 0 Å². The molecule has 0 fully saturated rings. The largest absolute Gasteiger partial charge is 0.324 e. The Balaban J connectivity index is 2.42. The normalized spacial score (nSPS) is 19.7. The van der Waals surface area contributed by atoms with Gasteiger partial charge in [-0.1, -0.05) is 39.8 Å². The van der Waals surface area contributed by atoms with Crippen molar-refractivity contribution in [3.63, 3.8) is 0 Å². The molecule has 2 N–H and O–H groups in total. The summed E-state index contributed by atoms with van der Waals surface area (Å²) in [6, 6.07) is 5.06. The second-order valence-electron chi connectivity index (χ2n) is 6.91. The molecular formula is C17H27N.